The summed E-state index contributed by atoms with van der Waals surface area (Å²) in [5, 5.41) is 0. The van der Waals surface area contributed by atoms with Crippen LogP contribution in [0.1, 0.15) is 28.4 Å². The fourth-order valence-electron chi connectivity index (χ4n) is 2.78. The van der Waals surface area contributed by atoms with Crippen molar-refractivity contribution in [3.05, 3.63) is 64.7 Å². The molecule has 0 saturated heterocycles. The number of hydrogen-bond donors (Lipinski definition) is 0. The molecule has 2 aromatic carbocycles. The molecule has 0 fully saturated rings. The van der Waals surface area contributed by atoms with Gasteiger partial charge < -0.3 is 9.47 Å². The highest BCUT2D eigenvalue weighted by Gasteiger charge is 2.21. The Morgan fingerprint density at radius 1 is 1.05 bits per heavy atom. The van der Waals surface area contributed by atoms with E-state index in [1.165, 1.54) is 11.1 Å². The molecule has 0 bridgehead atoms. The normalized spacial score (nSPS) is 12.2. The third kappa shape index (κ3) is 3.65. The summed E-state index contributed by atoms with van der Waals surface area (Å²) in [4.78, 5) is 0. The summed E-state index contributed by atoms with van der Waals surface area (Å²) in [6, 6.07) is 14.5. The minimum atomic E-state index is -0.106. The van der Waals surface area contributed by atoms with Gasteiger partial charge in [-0.05, 0) is 48.1 Å². The SMILES string of the molecule is COc1ccc(CCSC)c(C)c1C(OC)c1ccccc1. The van der Waals surface area contributed by atoms with Gasteiger partial charge in [-0.15, -0.1) is 0 Å². The van der Waals surface area contributed by atoms with Crippen molar-refractivity contribution in [2.75, 3.05) is 26.2 Å². The first-order valence-electron chi connectivity index (χ1n) is 7.46. The van der Waals surface area contributed by atoms with Crippen LogP contribution in [0.3, 0.4) is 0 Å². The van der Waals surface area contributed by atoms with Crippen molar-refractivity contribution in [3.63, 3.8) is 0 Å². The molecular formula is C19H24O2S. The van der Waals surface area contributed by atoms with Crippen molar-refractivity contribution < 1.29 is 9.47 Å². The van der Waals surface area contributed by atoms with E-state index < -0.39 is 0 Å². The lowest BCUT2D eigenvalue weighted by Crippen LogP contribution is -2.09. The molecule has 0 amide bonds. The molecule has 2 aromatic rings. The molecule has 22 heavy (non-hydrogen) atoms. The second-order valence-electron chi connectivity index (χ2n) is 5.23. The van der Waals surface area contributed by atoms with Crippen LogP contribution in [0.15, 0.2) is 42.5 Å². The number of ether oxygens (including phenoxy) is 2. The monoisotopic (exact) mass is 316 g/mol. The Kier molecular flexibility index (Phi) is 6.34. The van der Waals surface area contributed by atoms with E-state index in [0.717, 1.165) is 29.1 Å². The van der Waals surface area contributed by atoms with Gasteiger partial charge in [0, 0.05) is 12.7 Å². The van der Waals surface area contributed by atoms with Crippen LogP contribution in [-0.2, 0) is 11.2 Å². The zero-order valence-electron chi connectivity index (χ0n) is 13.8. The summed E-state index contributed by atoms with van der Waals surface area (Å²) in [5.74, 6) is 2.01. The van der Waals surface area contributed by atoms with E-state index in [1.807, 2.05) is 30.0 Å². The number of aryl methyl sites for hydroxylation is 1. The van der Waals surface area contributed by atoms with E-state index >= 15 is 0 Å². The Labute approximate surface area is 137 Å². The first kappa shape index (κ1) is 16.9. The summed E-state index contributed by atoms with van der Waals surface area (Å²) >= 11 is 1.87. The van der Waals surface area contributed by atoms with E-state index in [0.29, 0.717) is 0 Å². The summed E-state index contributed by atoms with van der Waals surface area (Å²) < 4.78 is 11.4. The lowest BCUT2D eigenvalue weighted by molar-refractivity contribution is 0.133. The summed E-state index contributed by atoms with van der Waals surface area (Å²) in [6.45, 7) is 2.17. The molecule has 0 aliphatic carbocycles. The third-order valence-corrected chi connectivity index (χ3v) is 4.60. The van der Waals surface area contributed by atoms with Gasteiger partial charge in [0.2, 0.25) is 0 Å². The van der Waals surface area contributed by atoms with Crippen LogP contribution in [0.5, 0.6) is 5.75 Å². The highest BCUT2D eigenvalue weighted by atomic mass is 32.2. The number of thioether (sulfide) groups is 1. The lowest BCUT2D eigenvalue weighted by atomic mass is 9.92. The predicted octanol–water partition coefficient (Wildman–Crippen LogP) is 4.64. The quantitative estimate of drug-likeness (QED) is 0.741. The third-order valence-electron chi connectivity index (χ3n) is 3.98. The fraction of sp³-hybridized carbons (Fsp3) is 0.368. The van der Waals surface area contributed by atoms with E-state index in [1.54, 1.807) is 14.2 Å². The molecule has 0 radical (unpaired) electrons. The summed E-state index contributed by atoms with van der Waals surface area (Å²) in [7, 11) is 3.47. The Morgan fingerprint density at radius 3 is 2.36 bits per heavy atom. The maximum atomic E-state index is 5.82. The second kappa shape index (κ2) is 8.25. The number of hydrogen-bond acceptors (Lipinski definition) is 3. The van der Waals surface area contributed by atoms with Gasteiger partial charge in [-0.2, -0.15) is 11.8 Å². The van der Waals surface area contributed by atoms with Gasteiger partial charge in [0.05, 0.1) is 7.11 Å². The second-order valence-corrected chi connectivity index (χ2v) is 6.22. The molecule has 0 aliphatic heterocycles. The molecular weight excluding hydrogens is 292 g/mol. The Bertz CT molecular complexity index is 596. The fourth-order valence-corrected chi connectivity index (χ4v) is 3.21. The van der Waals surface area contributed by atoms with Crippen molar-refractivity contribution in [1.29, 1.82) is 0 Å². The van der Waals surface area contributed by atoms with Gasteiger partial charge in [-0.1, -0.05) is 36.4 Å². The van der Waals surface area contributed by atoms with E-state index in [2.05, 4.69) is 37.4 Å². The van der Waals surface area contributed by atoms with Crippen molar-refractivity contribution in [2.24, 2.45) is 0 Å². The van der Waals surface area contributed by atoms with Crippen molar-refractivity contribution >= 4 is 11.8 Å². The van der Waals surface area contributed by atoms with Crippen LogP contribution < -0.4 is 4.74 Å². The number of benzene rings is 2. The molecule has 1 unspecified atom stereocenters. The molecule has 0 N–H and O–H groups in total. The van der Waals surface area contributed by atoms with Crippen LogP contribution in [0.25, 0.3) is 0 Å². The number of methoxy groups -OCH3 is 2. The molecule has 0 aliphatic rings. The Balaban J connectivity index is 2.50. The van der Waals surface area contributed by atoms with Gasteiger partial charge in [0.15, 0.2) is 0 Å². The first-order chi connectivity index (χ1) is 10.7. The van der Waals surface area contributed by atoms with Crippen LogP contribution in [0.2, 0.25) is 0 Å². The van der Waals surface area contributed by atoms with Gasteiger partial charge in [-0.3, -0.25) is 0 Å². The van der Waals surface area contributed by atoms with Gasteiger partial charge in [0.25, 0.3) is 0 Å². The minimum Gasteiger partial charge on any atom is -0.496 e. The van der Waals surface area contributed by atoms with E-state index in [9.17, 15) is 0 Å². The zero-order chi connectivity index (χ0) is 15.9. The maximum absolute atomic E-state index is 5.82. The van der Waals surface area contributed by atoms with Crippen LogP contribution in [0.4, 0.5) is 0 Å². The van der Waals surface area contributed by atoms with Crippen LogP contribution >= 0.6 is 11.8 Å². The van der Waals surface area contributed by atoms with E-state index in [4.69, 9.17) is 9.47 Å². The average molecular weight is 316 g/mol. The first-order valence-corrected chi connectivity index (χ1v) is 8.85. The molecule has 0 saturated carbocycles. The topological polar surface area (TPSA) is 18.5 Å². The van der Waals surface area contributed by atoms with Crippen molar-refractivity contribution in [3.8, 4) is 5.75 Å². The van der Waals surface area contributed by atoms with Gasteiger partial charge >= 0.3 is 0 Å². The zero-order valence-corrected chi connectivity index (χ0v) is 14.6. The largest absolute Gasteiger partial charge is 0.496 e. The number of rotatable bonds is 7. The predicted molar refractivity (Wildman–Crippen MR) is 95.1 cm³/mol. The Morgan fingerprint density at radius 2 is 1.77 bits per heavy atom. The van der Waals surface area contributed by atoms with Crippen LogP contribution in [0, 0.1) is 6.92 Å². The molecule has 0 aromatic heterocycles. The standard InChI is InChI=1S/C19H24O2S/c1-14-15(12-13-22-4)10-11-17(20-2)18(14)19(21-3)16-8-6-5-7-9-16/h5-11,19H,12-13H2,1-4H3. The average Bonchev–Trinajstić information content (AvgIpc) is 2.56. The summed E-state index contributed by atoms with van der Waals surface area (Å²) in [6.07, 6.45) is 3.10. The molecule has 2 rings (SSSR count). The van der Waals surface area contributed by atoms with Gasteiger partial charge in [-0.25, -0.2) is 0 Å². The Hall–Kier alpha value is -1.45. The molecule has 3 heteroatoms. The molecule has 2 nitrogen and oxygen atoms in total. The minimum absolute atomic E-state index is 0.106. The molecule has 0 spiro atoms. The smallest absolute Gasteiger partial charge is 0.125 e. The van der Waals surface area contributed by atoms with Crippen LogP contribution in [-0.4, -0.2) is 26.2 Å². The molecule has 0 heterocycles. The highest BCUT2D eigenvalue weighted by molar-refractivity contribution is 7.98. The lowest BCUT2D eigenvalue weighted by Gasteiger charge is -2.23. The highest BCUT2D eigenvalue weighted by Crippen LogP contribution is 2.36. The molecule has 118 valence electrons. The molecule has 1 atom stereocenters. The van der Waals surface area contributed by atoms with E-state index in [-0.39, 0.29) is 6.10 Å². The summed E-state index contributed by atoms with van der Waals surface area (Å²) in [5.41, 5.74) is 4.91. The van der Waals surface area contributed by atoms with Crippen molar-refractivity contribution in [1.82, 2.24) is 0 Å². The maximum Gasteiger partial charge on any atom is 0.125 e. The van der Waals surface area contributed by atoms with Gasteiger partial charge in [0.1, 0.15) is 11.9 Å². The van der Waals surface area contributed by atoms with Crippen molar-refractivity contribution in [2.45, 2.75) is 19.4 Å².